The van der Waals surface area contributed by atoms with Crippen molar-refractivity contribution in [2.24, 2.45) is 0 Å². The quantitative estimate of drug-likeness (QED) is 0.840. The van der Waals surface area contributed by atoms with Crippen molar-refractivity contribution in [2.45, 2.75) is 43.1 Å². The normalized spacial score (nSPS) is 20.2. The van der Waals surface area contributed by atoms with Crippen LogP contribution < -0.4 is 5.32 Å². The summed E-state index contributed by atoms with van der Waals surface area (Å²) in [5.74, 6) is 0.0443. The molecule has 104 valence electrons. The Bertz CT molecular complexity index is 416. The summed E-state index contributed by atoms with van der Waals surface area (Å²) in [4.78, 5) is 16.3. The fourth-order valence-electron chi connectivity index (χ4n) is 1.92. The number of hydrogen-bond donors (Lipinski definition) is 1. The summed E-state index contributed by atoms with van der Waals surface area (Å²) in [6, 6.07) is 3.95. The molecule has 0 aromatic carbocycles. The summed E-state index contributed by atoms with van der Waals surface area (Å²) in [5.41, 5.74) is 1.12. The van der Waals surface area contributed by atoms with Gasteiger partial charge in [-0.05, 0) is 38.3 Å². The molecular weight excluding hydrogens is 260 g/mol. The van der Waals surface area contributed by atoms with Crippen molar-refractivity contribution in [1.82, 2.24) is 10.3 Å². The van der Waals surface area contributed by atoms with E-state index in [1.807, 2.05) is 32.2 Å². The molecule has 1 aromatic heterocycles. The van der Waals surface area contributed by atoms with Gasteiger partial charge in [-0.2, -0.15) is 0 Å². The molecule has 2 atom stereocenters. The molecule has 1 saturated heterocycles. The molecule has 0 spiro atoms. The minimum Gasteiger partial charge on any atom is -0.376 e. The van der Waals surface area contributed by atoms with E-state index >= 15 is 0 Å². The average molecular weight is 280 g/mol. The molecule has 19 heavy (non-hydrogen) atoms. The summed E-state index contributed by atoms with van der Waals surface area (Å²) in [6.07, 6.45) is 4.15. The number of carbonyl (C=O) groups is 1. The first kappa shape index (κ1) is 14.3. The summed E-state index contributed by atoms with van der Waals surface area (Å²) in [6.45, 7) is 5.33. The van der Waals surface area contributed by atoms with Gasteiger partial charge in [0.1, 0.15) is 0 Å². The molecule has 0 saturated carbocycles. The van der Waals surface area contributed by atoms with Crippen molar-refractivity contribution in [2.75, 3.05) is 13.2 Å². The molecule has 4 nitrogen and oxygen atoms in total. The summed E-state index contributed by atoms with van der Waals surface area (Å²) < 4.78 is 5.48. The first-order chi connectivity index (χ1) is 9.15. The van der Waals surface area contributed by atoms with E-state index in [4.69, 9.17) is 4.74 Å². The van der Waals surface area contributed by atoms with Crippen molar-refractivity contribution in [3.8, 4) is 0 Å². The lowest BCUT2D eigenvalue weighted by Gasteiger charge is -2.14. The van der Waals surface area contributed by atoms with E-state index in [2.05, 4.69) is 10.3 Å². The summed E-state index contributed by atoms with van der Waals surface area (Å²) in [7, 11) is 0. The van der Waals surface area contributed by atoms with Gasteiger partial charge in [-0.25, -0.2) is 4.98 Å². The van der Waals surface area contributed by atoms with E-state index in [1.54, 1.807) is 0 Å². The van der Waals surface area contributed by atoms with Gasteiger partial charge in [0.05, 0.1) is 16.4 Å². The lowest BCUT2D eigenvalue weighted by molar-refractivity contribution is -0.120. The number of aromatic nitrogens is 1. The van der Waals surface area contributed by atoms with Crippen molar-refractivity contribution < 1.29 is 9.53 Å². The number of thioether (sulfide) groups is 1. The third-order valence-corrected chi connectivity index (χ3v) is 4.13. The van der Waals surface area contributed by atoms with Crippen LogP contribution in [-0.4, -0.2) is 35.4 Å². The number of amides is 1. The Labute approximate surface area is 118 Å². The van der Waals surface area contributed by atoms with Crippen LogP contribution in [0.4, 0.5) is 0 Å². The Morgan fingerprint density at radius 3 is 3.11 bits per heavy atom. The van der Waals surface area contributed by atoms with Gasteiger partial charge in [0.2, 0.25) is 5.91 Å². The third kappa shape index (κ3) is 4.51. The molecule has 0 unspecified atom stereocenters. The molecule has 2 heterocycles. The average Bonchev–Trinajstić information content (AvgIpc) is 2.91. The van der Waals surface area contributed by atoms with E-state index in [9.17, 15) is 4.79 Å². The molecule has 1 aliphatic rings. The zero-order valence-corrected chi connectivity index (χ0v) is 12.2. The third-order valence-electron chi connectivity index (χ3n) is 3.08. The number of hydrogen-bond acceptors (Lipinski definition) is 4. The van der Waals surface area contributed by atoms with Gasteiger partial charge in [-0.15, -0.1) is 0 Å². The molecule has 1 aliphatic heterocycles. The van der Waals surface area contributed by atoms with Gasteiger partial charge in [0, 0.05) is 19.3 Å². The van der Waals surface area contributed by atoms with Crippen LogP contribution in [0.25, 0.3) is 0 Å². The van der Waals surface area contributed by atoms with E-state index in [1.165, 1.54) is 11.8 Å². The lowest BCUT2D eigenvalue weighted by Crippen LogP contribution is -2.36. The second kappa shape index (κ2) is 6.91. The number of rotatable bonds is 5. The van der Waals surface area contributed by atoms with Crippen molar-refractivity contribution >= 4 is 17.7 Å². The maximum Gasteiger partial charge on any atom is 0.233 e. The minimum absolute atomic E-state index is 0.0443. The standard InChI is InChI=1S/C14H20N2O2S/c1-10-5-6-13(15-8-10)19-11(2)14(17)16-9-12-4-3-7-18-12/h5-6,8,11-12H,3-4,7,9H2,1-2H3,(H,16,17)/t11-,12-/m1/s1. The SMILES string of the molecule is Cc1ccc(S[C@H](C)C(=O)NC[C@H]2CCCO2)nc1. The molecule has 0 radical (unpaired) electrons. The predicted octanol–water partition coefficient (Wildman–Crippen LogP) is 2.17. The monoisotopic (exact) mass is 280 g/mol. The molecule has 5 heteroatoms. The maximum atomic E-state index is 12.0. The van der Waals surface area contributed by atoms with Crippen LogP contribution in [0, 0.1) is 6.92 Å². The van der Waals surface area contributed by atoms with Gasteiger partial charge >= 0.3 is 0 Å². The van der Waals surface area contributed by atoms with E-state index in [0.29, 0.717) is 6.54 Å². The molecule has 2 rings (SSSR count). The Morgan fingerprint density at radius 2 is 2.47 bits per heavy atom. The first-order valence-electron chi connectivity index (χ1n) is 6.64. The smallest absolute Gasteiger partial charge is 0.233 e. The van der Waals surface area contributed by atoms with Crippen molar-refractivity contribution in [3.63, 3.8) is 0 Å². The molecule has 1 N–H and O–H groups in total. The van der Waals surface area contributed by atoms with E-state index in [0.717, 1.165) is 30.0 Å². The first-order valence-corrected chi connectivity index (χ1v) is 7.52. The number of nitrogens with zero attached hydrogens (tertiary/aromatic N) is 1. The Kier molecular flexibility index (Phi) is 5.22. The Morgan fingerprint density at radius 1 is 1.63 bits per heavy atom. The van der Waals surface area contributed by atoms with Crippen molar-refractivity contribution in [3.05, 3.63) is 23.9 Å². The number of aryl methyl sites for hydroxylation is 1. The van der Waals surface area contributed by atoms with Gasteiger partial charge in [0.15, 0.2) is 0 Å². The number of ether oxygens (including phenoxy) is 1. The van der Waals surface area contributed by atoms with Gasteiger partial charge in [0.25, 0.3) is 0 Å². The van der Waals surface area contributed by atoms with E-state index < -0.39 is 0 Å². The molecule has 0 aliphatic carbocycles. The molecule has 1 fully saturated rings. The predicted molar refractivity (Wildman–Crippen MR) is 76.3 cm³/mol. The zero-order valence-electron chi connectivity index (χ0n) is 11.4. The number of pyridine rings is 1. The molecule has 0 bridgehead atoms. The van der Waals surface area contributed by atoms with Crippen molar-refractivity contribution in [1.29, 1.82) is 0 Å². The van der Waals surface area contributed by atoms with Crippen LogP contribution >= 0.6 is 11.8 Å². The van der Waals surface area contributed by atoms with Crippen LogP contribution in [0.1, 0.15) is 25.3 Å². The number of nitrogens with one attached hydrogen (secondary N) is 1. The van der Waals surface area contributed by atoms with Crippen LogP contribution in [0.15, 0.2) is 23.4 Å². The van der Waals surface area contributed by atoms with Gasteiger partial charge in [-0.1, -0.05) is 17.8 Å². The van der Waals surface area contributed by atoms with Crippen LogP contribution in [0.2, 0.25) is 0 Å². The Balaban J connectivity index is 1.76. The zero-order chi connectivity index (χ0) is 13.7. The van der Waals surface area contributed by atoms with Gasteiger partial charge in [-0.3, -0.25) is 4.79 Å². The van der Waals surface area contributed by atoms with Gasteiger partial charge < -0.3 is 10.1 Å². The summed E-state index contributed by atoms with van der Waals surface area (Å²) >= 11 is 1.48. The largest absolute Gasteiger partial charge is 0.376 e. The highest BCUT2D eigenvalue weighted by molar-refractivity contribution is 8.00. The number of carbonyl (C=O) groups excluding carboxylic acids is 1. The van der Waals surface area contributed by atoms with Crippen LogP contribution in [0.5, 0.6) is 0 Å². The maximum absolute atomic E-state index is 12.0. The molecule has 1 amide bonds. The van der Waals surface area contributed by atoms with Crippen LogP contribution in [0.3, 0.4) is 0 Å². The highest BCUT2D eigenvalue weighted by Gasteiger charge is 2.19. The topological polar surface area (TPSA) is 51.2 Å². The second-order valence-electron chi connectivity index (χ2n) is 4.81. The van der Waals surface area contributed by atoms with Crippen LogP contribution in [-0.2, 0) is 9.53 Å². The Hall–Kier alpha value is -1.07. The molecular formula is C14H20N2O2S. The molecule has 1 aromatic rings. The highest BCUT2D eigenvalue weighted by atomic mass is 32.2. The minimum atomic E-state index is -0.142. The lowest BCUT2D eigenvalue weighted by atomic mass is 10.2. The fourth-order valence-corrected chi connectivity index (χ4v) is 2.73. The van der Waals surface area contributed by atoms with E-state index in [-0.39, 0.29) is 17.3 Å². The fraction of sp³-hybridized carbons (Fsp3) is 0.571. The highest BCUT2D eigenvalue weighted by Crippen LogP contribution is 2.21. The summed E-state index contributed by atoms with van der Waals surface area (Å²) in [5, 5.41) is 3.68. The second-order valence-corrected chi connectivity index (χ2v) is 6.18.